The second kappa shape index (κ2) is 9.82. The first kappa shape index (κ1) is 16.0. The fourth-order valence-corrected chi connectivity index (χ4v) is 1.98. The summed E-state index contributed by atoms with van der Waals surface area (Å²) in [5.74, 6) is 0.914. The van der Waals surface area contributed by atoms with Gasteiger partial charge in [0.25, 0.3) is 0 Å². The summed E-state index contributed by atoms with van der Waals surface area (Å²) in [6, 6.07) is 7.81. The van der Waals surface area contributed by atoms with E-state index in [2.05, 4.69) is 6.92 Å². The Bertz CT molecular complexity index is 324. The molecule has 0 aliphatic carbocycles. The summed E-state index contributed by atoms with van der Waals surface area (Å²) in [6.07, 6.45) is 6.97. The Morgan fingerprint density at radius 3 is 2.42 bits per heavy atom. The normalized spacial score (nSPS) is 12.4. The van der Waals surface area contributed by atoms with Crippen molar-refractivity contribution in [2.75, 3.05) is 13.2 Å². The van der Waals surface area contributed by atoms with Crippen molar-refractivity contribution in [1.82, 2.24) is 0 Å². The van der Waals surface area contributed by atoms with E-state index in [1.165, 1.54) is 25.7 Å². The topological polar surface area (TPSA) is 55.5 Å². The molecular weight excluding hydrogens is 238 g/mol. The number of aliphatic hydroxyl groups is 1. The Morgan fingerprint density at radius 1 is 1.11 bits per heavy atom. The first-order valence-corrected chi connectivity index (χ1v) is 7.34. The molecule has 3 nitrogen and oxygen atoms in total. The van der Waals surface area contributed by atoms with Gasteiger partial charge in [-0.1, -0.05) is 44.7 Å². The molecule has 19 heavy (non-hydrogen) atoms. The van der Waals surface area contributed by atoms with E-state index in [1.807, 2.05) is 24.3 Å². The number of hydrogen-bond acceptors (Lipinski definition) is 3. The standard InChI is InChI=1S/C16H27NO2/c1-2-3-4-5-6-11-19-16-9-7-14(8-10-16)12-15(17)13-18/h7-10,15,18H,2-6,11-13,17H2,1H3. The van der Waals surface area contributed by atoms with Crippen LogP contribution in [0.25, 0.3) is 0 Å². The van der Waals surface area contributed by atoms with Gasteiger partial charge in [-0.05, 0) is 30.5 Å². The summed E-state index contributed by atoms with van der Waals surface area (Å²) in [7, 11) is 0. The van der Waals surface area contributed by atoms with E-state index >= 15 is 0 Å². The van der Waals surface area contributed by atoms with Crippen molar-refractivity contribution in [3.8, 4) is 5.75 Å². The van der Waals surface area contributed by atoms with Crippen molar-refractivity contribution in [1.29, 1.82) is 0 Å². The van der Waals surface area contributed by atoms with Crippen molar-refractivity contribution in [2.45, 2.75) is 51.5 Å². The van der Waals surface area contributed by atoms with E-state index in [0.29, 0.717) is 6.42 Å². The highest BCUT2D eigenvalue weighted by atomic mass is 16.5. The number of rotatable bonds is 10. The van der Waals surface area contributed by atoms with Gasteiger partial charge in [0.1, 0.15) is 5.75 Å². The van der Waals surface area contributed by atoms with Crippen LogP contribution in [0.4, 0.5) is 0 Å². The zero-order chi connectivity index (χ0) is 13.9. The minimum absolute atomic E-state index is 0.0238. The van der Waals surface area contributed by atoms with Crippen LogP contribution in [0.1, 0.15) is 44.6 Å². The molecule has 0 aliphatic rings. The molecule has 0 aliphatic heterocycles. The van der Waals surface area contributed by atoms with E-state index in [4.69, 9.17) is 15.6 Å². The number of hydrogen-bond donors (Lipinski definition) is 2. The van der Waals surface area contributed by atoms with E-state index in [9.17, 15) is 0 Å². The van der Waals surface area contributed by atoms with Crippen LogP contribution < -0.4 is 10.5 Å². The van der Waals surface area contributed by atoms with Crippen molar-refractivity contribution >= 4 is 0 Å². The summed E-state index contributed by atoms with van der Waals surface area (Å²) in [6.45, 7) is 3.04. The lowest BCUT2D eigenvalue weighted by Gasteiger charge is -2.09. The molecule has 3 heteroatoms. The van der Waals surface area contributed by atoms with E-state index in [-0.39, 0.29) is 12.6 Å². The zero-order valence-corrected chi connectivity index (χ0v) is 12.0. The third-order valence-electron chi connectivity index (χ3n) is 3.17. The molecule has 108 valence electrons. The Kier molecular flexibility index (Phi) is 8.26. The lowest BCUT2D eigenvalue weighted by atomic mass is 10.1. The number of benzene rings is 1. The molecule has 0 bridgehead atoms. The largest absolute Gasteiger partial charge is 0.494 e. The summed E-state index contributed by atoms with van der Waals surface area (Å²) >= 11 is 0. The van der Waals surface area contributed by atoms with E-state index < -0.39 is 0 Å². The smallest absolute Gasteiger partial charge is 0.119 e. The predicted molar refractivity (Wildman–Crippen MR) is 79.5 cm³/mol. The molecule has 1 aromatic carbocycles. The highest BCUT2D eigenvalue weighted by Gasteiger charge is 2.02. The molecule has 0 saturated heterocycles. The highest BCUT2D eigenvalue weighted by Crippen LogP contribution is 2.14. The first-order chi connectivity index (χ1) is 9.26. The molecule has 0 fully saturated rings. The Morgan fingerprint density at radius 2 is 1.79 bits per heavy atom. The van der Waals surface area contributed by atoms with Crippen molar-refractivity contribution < 1.29 is 9.84 Å². The fraction of sp³-hybridized carbons (Fsp3) is 0.625. The average Bonchev–Trinajstić information content (AvgIpc) is 2.44. The van der Waals surface area contributed by atoms with Crippen molar-refractivity contribution in [2.24, 2.45) is 5.73 Å². The molecule has 1 atom stereocenters. The summed E-state index contributed by atoms with van der Waals surface area (Å²) in [5.41, 5.74) is 6.84. The van der Waals surface area contributed by atoms with E-state index in [0.717, 1.165) is 24.3 Å². The monoisotopic (exact) mass is 265 g/mol. The summed E-state index contributed by atoms with van der Waals surface area (Å²) in [5, 5.41) is 8.91. The molecule has 3 N–H and O–H groups in total. The number of nitrogens with two attached hydrogens (primary N) is 1. The predicted octanol–water partition coefficient (Wildman–Crippen LogP) is 2.90. The number of ether oxygens (including phenoxy) is 1. The van der Waals surface area contributed by atoms with Crippen LogP contribution in [0, 0.1) is 0 Å². The molecule has 0 aromatic heterocycles. The molecule has 0 radical (unpaired) electrons. The molecule has 0 spiro atoms. The Hall–Kier alpha value is -1.06. The van der Waals surface area contributed by atoms with Gasteiger partial charge in [0.15, 0.2) is 0 Å². The number of aliphatic hydroxyl groups excluding tert-OH is 1. The molecular formula is C16H27NO2. The maximum absolute atomic E-state index is 8.91. The van der Waals surface area contributed by atoms with Gasteiger partial charge >= 0.3 is 0 Å². The minimum atomic E-state index is -0.176. The summed E-state index contributed by atoms with van der Waals surface area (Å²) in [4.78, 5) is 0. The van der Waals surface area contributed by atoms with Gasteiger partial charge in [-0.25, -0.2) is 0 Å². The first-order valence-electron chi connectivity index (χ1n) is 7.34. The lowest BCUT2D eigenvalue weighted by molar-refractivity contribution is 0.265. The van der Waals surface area contributed by atoms with Crippen LogP contribution >= 0.6 is 0 Å². The number of unbranched alkanes of at least 4 members (excludes halogenated alkanes) is 4. The van der Waals surface area contributed by atoms with Gasteiger partial charge in [0, 0.05) is 6.04 Å². The molecule has 1 unspecified atom stereocenters. The van der Waals surface area contributed by atoms with Gasteiger partial charge in [0.05, 0.1) is 13.2 Å². The quantitative estimate of drug-likeness (QED) is 0.640. The van der Waals surface area contributed by atoms with Gasteiger partial charge in [-0.15, -0.1) is 0 Å². The Labute approximate surface area is 116 Å². The van der Waals surface area contributed by atoms with E-state index in [1.54, 1.807) is 0 Å². The third kappa shape index (κ3) is 7.19. The molecule has 0 amide bonds. The van der Waals surface area contributed by atoms with Crippen LogP contribution in [0.2, 0.25) is 0 Å². The van der Waals surface area contributed by atoms with Crippen LogP contribution in [0.3, 0.4) is 0 Å². The maximum atomic E-state index is 8.91. The van der Waals surface area contributed by atoms with Gasteiger partial charge in [0.2, 0.25) is 0 Å². The van der Waals surface area contributed by atoms with Gasteiger partial charge in [-0.2, -0.15) is 0 Å². The zero-order valence-electron chi connectivity index (χ0n) is 12.0. The molecule has 0 saturated carbocycles. The van der Waals surface area contributed by atoms with Gasteiger partial charge in [-0.3, -0.25) is 0 Å². The van der Waals surface area contributed by atoms with Crippen LogP contribution in [0.15, 0.2) is 24.3 Å². The van der Waals surface area contributed by atoms with Crippen LogP contribution in [-0.2, 0) is 6.42 Å². The summed E-state index contributed by atoms with van der Waals surface area (Å²) < 4.78 is 5.69. The maximum Gasteiger partial charge on any atom is 0.119 e. The van der Waals surface area contributed by atoms with Crippen molar-refractivity contribution in [3.63, 3.8) is 0 Å². The van der Waals surface area contributed by atoms with Crippen LogP contribution in [-0.4, -0.2) is 24.4 Å². The molecule has 0 heterocycles. The SMILES string of the molecule is CCCCCCCOc1ccc(CC(N)CO)cc1. The fourth-order valence-electron chi connectivity index (χ4n) is 1.98. The average molecular weight is 265 g/mol. The highest BCUT2D eigenvalue weighted by molar-refractivity contribution is 5.27. The third-order valence-corrected chi connectivity index (χ3v) is 3.17. The van der Waals surface area contributed by atoms with Gasteiger partial charge < -0.3 is 15.6 Å². The van der Waals surface area contributed by atoms with Crippen molar-refractivity contribution in [3.05, 3.63) is 29.8 Å². The molecule has 1 aromatic rings. The Balaban J connectivity index is 2.21. The second-order valence-corrected chi connectivity index (χ2v) is 5.05. The second-order valence-electron chi connectivity index (χ2n) is 5.05. The lowest BCUT2D eigenvalue weighted by Crippen LogP contribution is -2.26. The molecule has 1 rings (SSSR count). The van der Waals surface area contributed by atoms with Crippen LogP contribution in [0.5, 0.6) is 5.75 Å². The minimum Gasteiger partial charge on any atom is -0.494 e.